The maximum absolute atomic E-state index is 16.0. The molecule has 0 aliphatic carbocycles. The summed E-state index contributed by atoms with van der Waals surface area (Å²) in [6.07, 6.45) is 7.88. The van der Waals surface area contributed by atoms with Crippen molar-refractivity contribution in [1.82, 2.24) is 25.0 Å². The standard InChI is InChI=1S/C44H47FN8O5S/c1-2-28-59(57,58)49-39-5-3-4-37(41(39)45)38-29-53(48-42(38)31-16-20-46-21-17-31)35-12-10-34(11-13-35)51-24-26-52(27-25-51)44(56)32-18-22-50(23-19-32)33-8-6-30(7-9-33)36-14-15-40(54)47-43(36)55/h3-13,16-17,20-21,29,32,36,49H,2,14-15,18-19,22-28H2,1H3,(H,47,54,55)/t36-/m0/s1. The number of piperidine rings is 2. The number of hydrogen-bond donors (Lipinski definition) is 2. The molecular formula is C44H47FN8O5S. The fourth-order valence-corrected chi connectivity index (χ4v) is 9.44. The van der Waals surface area contributed by atoms with E-state index in [1.807, 2.05) is 53.4 Å². The number of halogens is 1. The van der Waals surface area contributed by atoms with Gasteiger partial charge in [-0.25, -0.2) is 17.5 Å². The maximum Gasteiger partial charge on any atom is 0.234 e. The van der Waals surface area contributed by atoms with Crippen LogP contribution < -0.4 is 19.8 Å². The zero-order valence-corrected chi connectivity index (χ0v) is 33.7. The molecule has 3 aliphatic heterocycles. The van der Waals surface area contributed by atoms with Gasteiger partial charge in [-0.2, -0.15) is 5.10 Å². The first kappa shape index (κ1) is 39.7. The molecule has 5 heterocycles. The van der Waals surface area contributed by atoms with Crippen LogP contribution in [0.3, 0.4) is 0 Å². The molecule has 0 unspecified atom stereocenters. The predicted molar refractivity (Wildman–Crippen MR) is 225 cm³/mol. The molecular weight excluding hydrogens is 772 g/mol. The predicted octanol–water partition coefficient (Wildman–Crippen LogP) is 5.98. The summed E-state index contributed by atoms with van der Waals surface area (Å²) in [4.78, 5) is 48.2. The molecule has 1 atom stereocenters. The summed E-state index contributed by atoms with van der Waals surface area (Å²) in [5.41, 5.74) is 5.63. The van der Waals surface area contributed by atoms with Gasteiger partial charge in [0, 0.05) is 98.3 Å². The number of benzene rings is 3. The Morgan fingerprint density at radius 2 is 1.46 bits per heavy atom. The van der Waals surface area contributed by atoms with Gasteiger partial charge in [-0.05, 0) is 85.8 Å². The molecule has 8 rings (SSSR count). The molecule has 59 heavy (non-hydrogen) atoms. The number of pyridine rings is 1. The topological polar surface area (TPSA) is 150 Å². The molecule has 5 aromatic rings. The number of rotatable bonds is 11. The van der Waals surface area contributed by atoms with Crippen LogP contribution in [-0.2, 0) is 24.4 Å². The molecule has 0 saturated carbocycles. The third-order valence-electron chi connectivity index (χ3n) is 11.5. The van der Waals surface area contributed by atoms with Crippen molar-refractivity contribution in [3.8, 4) is 28.1 Å². The number of nitrogens with zero attached hydrogens (tertiary/aromatic N) is 6. The first-order valence-corrected chi connectivity index (χ1v) is 21.8. The highest BCUT2D eigenvalue weighted by molar-refractivity contribution is 7.92. The van der Waals surface area contributed by atoms with E-state index in [0.717, 1.165) is 54.1 Å². The molecule has 3 aliphatic rings. The Hall–Kier alpha value is -6.09. The lowest BCUT2D eigenvalue weighted by Gasteiger charge is -2.39. The van der Waals surface area contributed by atoms with Gasteiger partial charge in [-0.15, -0.1) is 0 Å². The van der Waals surface area contributed by atoms with Crippen LogP contribution in [0.1, 0.15) is 50.5 Å². The number of hydrogen-bond acceptors (Lipinski definition) is 9. The number of piperazine rings is 1. The van der Waals surface area contributed by atoms with Crippen molar-refractivity contribution in [3.05, 3.63) is 109 Å². The van der Waals surface area contributed by atoms with Crippen LogP contribution in [0.5, 0.6) is 0 Å². The van der Waals surface area contributed by atoms with E-state index in [1.54, 1.807) is 54.5 Å². The lowest BCUT2D eigenvalue weighted by atomic mass is 9.90. The van der Waals surface area contributed by atoms with Gasteiger partial charge in [-0.3, -0.25) is 29.4 Å². The molecule has 0 spiro atoms. The summed E-state index contributed by atoms with van der Waals surface area (Å²) in [5.74, 6) is -1.35. The number of carbonyl (C=O) groups excluding carboxylic acids is 3. The highest BCUT2D eigenvalue weighted by Crippen LogP contribution is 2.36. The maximum atomic E-state index is 16.0. The summed E-state index contributed by atoms with van der Waals surface area (Å²) >= 11 is 0. The smallest absolute Gasteiger partial charge is 0.234 e. The quantitative estimate of drug-likeness (QED) is 0.154. The fourth-order valence-electron chi connectivity index (χ4n) is 8.31. The number of anilines is 3. The van der Waals surface area contributed by atoms with Gasteiger partial charge >= 0.3 is 0 Å². The number of nitrogens with one attached hydrogen (secondary N) is 2. The molecule has 15 heteroatoms. The van der Waals surface area contributed by atoms with Crippen molar-refractivity contribution in [3.63, 3.8) is 0 Å². The Kier molecular flexibility index (Phi) is 11.5. The molecule has 2 aromatic heterocycles. The molecule has 3 aromatic carbocycles. The van der Waals surface area contributed by atoms with Crippen LogP contribution in [0, 0.1) is 11.7 Å². The van der Waals surface area contributed by atoms with Crippen molar-refractivity contribution in [1.29, 1.82) is 0 Å². The number of imide groups is 1. The van der Waals surface area contributed by atoms with E-state index in [0.29, 0.717) is 56.7 Å². The van der Waals surface area contributed by atoms with Crippen LogP contribution in [0.2, 0.25) is 0 Å². The molecule has 3 amide bonds. The minimum Gasteiger partial charge on any atom is -0.371 e. The van der Waals surface area contributed by atoms with Gasteiger partial charge in [0.1, 0.15) is 5.69 Å². The Morgan fingerprint density at radius 3 is 2.12 bits per heavy atom. The molecule has 3 saturated heterocycles. The van der Waals surface area contributed by atoms with Crippen LogP contribution in [-0.4, -0.2) is 90.8 Å². The summed E-state index contributed by atoms with van der Waals surface area (Å²) < 4.78 is 45.1. The van der Waals surface area contributed by atoms with Crippen LogP contribution in [0.15, 0.2) is 97.5 Å². The highest BCUT2D eigenvalue weighted by atomic mass is 32.2. The summed E-state index contributed by atoms with van der Waals surface area (Å²) in [7, 11) is -3.71. The Bertz CT molecular complexity index is 2430. The molecule has 2 N–H and O–H groups in total. The van der Waals surface area contributed by atoms with Gasteiger partial charge in [0.15, 0.2) is 5.82 Å². The molecule has 0 radical (unpaired) electrons. The zero-order chi connectivity index (χ0) is 41.1. The van der Waals surface area contributed by atoms with E-state index >= 15 is 4.39 Å². The summed E-state index contributed by atoms with van der Waals surface area (Å²) in [5, 5.41) is 7.30. The lowest BCUT2D eigenvalue weighted by molar-refractivity contribution is -0.136. The van der Waals surface area contributed by atoms with E-state index in [-0.39, 0.29) is 46.6 Å². The third kappa shape index (κ3) is 8.70. The van der Waals surface area contributed by atoms with Gasteiger partial charge in [0.25, 0.3) is 0 Å². The van der Waals surface area contributed by atoms with E-state index in [4.69, 9.17) is 5.10 Å². The minimum absolute atomic E-state index is 0.0165. The van der Waals surface area contributed by atoms with Crippen molar-refractivity contribution in [2.75, 3.05) is 59.5 Å². The first-order chi connectivity index (χ1) is 28.6. The summed E-state index contributed by atoms with van der Waals surface area (Å²) in [6, 6.07) is 24.2. The van der Waals surface area contributed by atoms with Gasteiger partial charge < -0.3 is 14.7 Å². The van der Waals surface area contributed by atoms with Crippen molar-refractivity contribution in [2.45, 2.75) is 44.9 Å². The normalized spacial score (nSPS) is 17.9. The van der Waals surface area contributed by atoms with Gasteiger partial charge in [0.2, 0.25) is 27.7 Å². The van der Waals surface area contributed by atoms with E-state index in [2.05, 4.69) is 24.8 Å². The monoisotopic (exact) mass is 818 g/mol. The highest BCUT2D eigenvalue weighted by Gasteiger charge is 2.32. The largest absolute Gasteiger partial charge is 0.371 e. The second kappa shape index (κ2) is 17.0. The Morgan fingerprint density at radius 1 is 0.814 bits per heavy atom. The molecule has 0 bridgehead atoms. The van der Waals surface area contributed by atoms with Gasteiger partial charge in [-0.1, -0.05) is 31.2 Å². The number of carbonyl (C=O) groups is 3. The van der Waals surface area contributed by atoms with E-state index in [1.165, 1.54) is 6.07 Å². The van der Waals surface area contributed by atoms with Crippen LogP contribution >= 0.6 is 0 Å². The zero-order valence-electron chi connectivity index (χ0n) is 32.9. The molecule has 3 fully saturated rings. The summed E-state index contributed by atoms with van der Waals surface area (Å²) in [6.45, 7) is 6.01. The second-order valence-corrected chi connectivity index (χ2v) is 17.2. The number of aromatic nitrogens is 3. The van der Waals surface area contributed by atoms with Crippen LogP contribution in [0.4, 0.5) is 21.5 Å². The minimum atomic E-state index is -3.71. The van der Waals surface area contributed by atoms with Crippen molar-refractivity contribution >= 4 is 44.8 Å². The molecule has 306 valence electrons. The first-order valence-electron chi connectivity index (χ1n) is 20.2. The Labute approximate surface area is 343 Å². The second-order valence-electron chi connectivity index (χ2n) is 15.3. The average molecular weight is 819 g/mol. The average Bonchev–Trinajstić information content (AvgIpc) is 3.70. The third-order valence-corrected chi connectivity index (χ3v) is 13.0. The van der Waals surface area contributed by atoms with Crippen LogP contribution in [0.25, 0.3) is 28.1 Å². The number of sulfonamides is 1. The van der Waals surface area contributed by atoms with E-state index in [9.17, 15) is 22.8 Å². The fraction of sp³-hybridized carbons (Fsp3) is 0.341. The SMILES string of the molecule is CCCS(=O)(=O)Nc1cccc(-c2cn(-c3ccc(N4CCN(C(=O)C5CCN(c6ccc([C@@H]7CCC(=O)NC7=O)cc6)CC5)CC4)cc3)nc2-c2ccncc2)c1F. The van der Waals surface area contributed by atoms with Gasteiger partial charge in [0.05, 0.1) is 23.0 Å². The van der Waals surface area contributed by atoms with Crippen molar-refractivity contribution in [2.24, 2.45) is 5.92 Å². The van der Waals surface area contributed by atoms with E-state index < -0.39 is 15.8 Å². The van der Waals surface area contributed by atoms with Crippen molar-refractivity contribution < 1.29 is 27.2 Å². The molecule has 13 nitrogen and oxygen atoms in total. The lowest BCUT2D eigenvalue weighted by Crippen LogP contribution is -2.51. The Balaban J connectivity index is 0.889. The number of amides is 3.